The highest BCUT2D eigenvalue weighted by atomic mass is 32.2. The molecule has 2 aromatic rings. The topological polar surface area (TPSA) is 93.9 Å². The molecule has 2 atom stereocenters. The summed E-state index contributed by atoms with van der Waals surface area (Å²) in [6, 6.07) is 5.57. The van der Waals surface area contributed by atoms with Gasteiger partial charge in [0.1, 0.15) is 0 Å². The van der Waals surface area contributed by atoms with Crippen LogP contribution < -0.4 is 9.47 Å². The number of piperidine rings is 1. The first kappa shape index (κ1) is 16.4. The van der Waals surface area contributed by atoms with Gasteiger partial charge < -0.3 is 19.1 Å². The molecule has 8 nitrogen and oxygen atoms in total. The number of aryl methyl sites for hydroxylation is 1. The van der Waals surface area contributed by atoms with Gasteiger partial charge in [0.15, 0.2) is 16.5 Å². The summed E-state index contributed by atoms with van der Waals surface area (Å²) in [6.45, 7) is 0.565. The van der Waals surface area contributed by atoms with E-state index in [1.54, 1.807) is 11.6 Å². The van der Waals surface area contributed by atoms with Crippen molar-refractivity contribution >= 4 is 10.0 Å². The Hall–Kier alpha value is -2.10. The Morgan fingerprint density at radius 3 is 2.80 bits per heavy atom. The summed E-state index contributed by atoms with van der Waals surface area (Å²) < 4.78 is 38.9. The fraction of sp³-hybridized carbons (Fsp3) is 0.438. The van der Waals surface area contributed by atoms with Gasteiger partial charge in [0, 0.05) is 32.3 Å². The first-order valence-corrected chi connectivity index (χ1v) is 9.45. The molecule has 0 amide bonds. The second kappa shape index (κ2) is 6.01. The van der Waals surface area contributed by atoms with Crippen molar-refractivity contribution < 1.29 is 23.0 Å². The lowest BCUT2D eigenvalue weighted by Crippen LogP contribution is -2.45. The average molecular weight is 365 g/mol. The molecule has 25 heavy (non-hydrogen) atoms. The number of aromatic nitrogens is 2. The maximum atomic E-state index is 12.6. The van der Waals surface area contributed by atoms with E-state index < -0.39 is 16.1 Å². The van der Waals surface area contributed by atoms with Crippen molar-refractivity contribution in [3.05, 3.63) is 36.3 Å². The molecule has 1 saturated heterocycles. The second-order valence-electron chi connectivity index (χ2n) is 6.32. The first-order valence-electron chi connectivity index (χ1n) is 8.01. The van der Waals surface area contributed by atoms with Crippen molar-refractivity contribution in [2.24, 2.45) is 7.05 Å². The number of β-amino-alcohol motifs (C(OH)–C–C–N with tert-alkyl or cyclic N) is 1. The fourth-order valence-corrected chi connectivity index (χ4v) is 4.75. The third-order valence-corrected chi connectivity index (χ3v) is 6.41. The van der Waals surface area contributed by atoms with Crippen LogP contribution in [0, 0.1) is 0 Å². The van der Waals surface area contributed by atoms with Crippen LogP contribution in [-0.4, -0.2) is 53.4 Å². The van der Waals surface area contributed by atoms with Crippen molar-refractivity contribution in [3.63, 3.8) is 0 Å². The molecule has 4 rings (SSSR count). The number of sulfonamides is 1. The molecule has 1 N–H and O–H groups in total. The van der Waals surface area contributed by atoms with E-state index in [0.29, 0.717) is 24.5 Å². The Kier molecular flexibility index (Phi) is 3.94. The van der Waals surface area contributed by atoms with Gasteiger partial charge in [0.25, 0.3) is 10.0 Å². The standard InChI is InChI=1S/C16H19N3O5S/c1-18-8-16(17-9-18)25(21,22)19-5-4-12(13(20)7-19)11-2-3-14-15(6-11)24-10-23-14/h2-3,6,8-9,12-13,20H,4-5,7,10H2,1H3/t12-,13+/m0/s1. The number of rotatable bonds is 3. The smallest absolute Gasteiger partial charge is 0.262 e. The average Bonchev–Trinajstić information content (AvgIpc) is 3.23. The lowest BCUT2D eigenvalue weighted by atomic mass is 9.88. The summed E-state index contributed by atoms with van der Waals surface area (Å²) >= 11 is 0. The van der Waals surface area contributed by atoms with Gasteiger partial charge in [-0.25, -0.2) is 13.4 Å². The zero-order valence-electron chi connectivity index (χ0n) is 13.7. The lowest BCUT2D eigenvalue weighted by molar-refractivity contribution is 0.0853. The van der Waals surface area contributed by atoms with Crippen LogP contribution in [0.3, 0.4) is 0 Å². The molecule has 0 radical (unpaired) electrons. The van der Waals surface area contributed by atoms with Crippen LogP contribution in [0.5, 0.6) is 11.5 Å². The minimum absolute atomic E-state index is 0.00345. The second-order valence-corrected chi connectivity index (χ2v) is 8.20. The number of ether oxygens (including phenoxy) is 2. The Morgan fingerprint density at radius 1 is 1.28 bits per heavy atom. The van der Waals surface area contributed by atoms with Gasteiger partial charge in [-0.1, -0.05) is 6.07 Å². The van der Waals surface area contributed by atoms with Gasteiger partial charge in [-0.2, -0.15) is 4.31 Å². The molecule has 2 aliphatic rings. The molecule has 0 aliphatic carbocycles. The van der Waals surface area contributed by atoms with E-state index in [1.807, 2.05) is 18.2 Å². The van der Waals surface area contributed by atoms with Gasteiger partial charge >= 0.3 is 0 Å². The number of aliphatic hydroxyl groups excluding tert-OH is 1. The molecule has 0 spiro atoms. The molecular weight excluding hydrogens is 346 g/mol. The highest BCUT2D eigenvalue weighted by molar-refractivity contribution is 7.89. The monoisotopic (exact) mass is 365 g/mol. The van der Waals surface area contributed by atoms with Gasteiger partial charge in [0.05, 0.1) is 12.4 Å². The first-order chi connectivity index (χ1) is 11.9. The number of fused-ring (bicyclic) bond motifs is 1. The van der Waals surface area contributed by atoms with Crippen LogP contribution in [0.4, 0.5) is 0 Å². The zero-order chi connectivity index (χ0) is 17.6. The summed E-state index contributed by atoms with van der Waals surface area (Å²) in [6.07, 6.45) is 2.63. The number of hydrogen-bond donors (Lipinski definition) is 1. The molecular formula is C16H19N3O5S. The van der Waals surface area contributed by atoms with E-state index in [-0.39, 0.29) is 24.3 Å². The van der Waals surface area contributed by atoms with Gasteiger partial charge in [-0.15, -0.1) is 0 Å². The number of hydrogen-bond acceptors (Lipinski definition) is 6. The number of benzene rings is 1. The number of nitrogens with zero attached hydrogens (tertiary/aromatic N) is 3. The van der Waals surface area contributed by atoms with Gasteiger partial charge in [-0.05, 0) is 24.1 Å². The molecule has 2 aliphatic heterocycles. The summed E-state index contributed by atoms with van der Waals surface area (Å²) in [5, 5.41) is 10.6. The third-order valence-electron chi connectivity index (χ3n) is 4.65. The van der Waals surface area contributed by atoms with Crippen LogP contribution in [-0.2, 0) is 17.1 Å². The molecule has 1 aromatic heterocycles. The Bertz CT molecular complexity index is 895. The molecule has 1 aromatic carbocycles. The number of aliphatic hydroxyl groups is 1. The van der Waals surface area contributed by atoms with E-state index in [0.717, 1.165) is 5.56 Å². The maximum Gasteiger partial charge on any atom is 0.262 e. The zero-order valence-corrected chi connectivity index (χ0v) is 14.5. The highest BCUT2D eigenvalue weighted by Gasteiger charge is 2.36. The summed E-state index contributed by atoms with van der Waals surface area (Å²) in [7, 11) is -1.98. The Labute approximate surface area is 145 Å². The van der Waals surface area contributed by atoms with E-state index >= 15 is 0 Å². The maximum absolute atomic E-state index is 12.6. The normalized spacial score (nSPS) is 23.8. The summed E-state index contributed by atoms with van der Waals surface area (Å²) in [5.74, 6) is 1.20. The molecule has 1 fully saturated rings. The van der Waals surface area contributed by atoms with Crippen LogP contribution >= 0.6 is 0 Å². The third kappa shape index (κ3) is 2.88. The van der Waals surface area contributed by atoms with E-state index in [1.165, 1.54) is 16.8 Å². The largest absolute Gasteiger partial charge is 0.454 e. The predicted octanol–water partition coefficient (Wildman–Crippen LogP) is 0.688. The van der Waals surface area contributed by atoms with E-state index in [2.05, 4.69) is 4.98 Å². The van der Waals surface area contributed by atoms with Crippen molar-refractivity contribution in [1.82, 2.24) is 13.9 Å². The molecule has 3 heterocycles. The molecule has 134 valence electrons. The van der Waals surface area contributed by atoms with Crippen molar-refractivity contribution in [1.29, 1.82) is 0 Å². The highest BCUT2D eigenvalue weighted by Crippen LogP contribution is 2.38. The van der Waals surface area contributed by atoms with Crippen LogP contribution in [0.25, 0.3) is 0 Å². The Morgan fingerprint density at radius 2 is 2.08 bits per heavy atom. The molecule has 0 unspecified atom stereocenters. The Balaban J connectivity index is 1.52. The molecule has 0 bridgehead atoms. The van der Waals surface area contributed by atoms with Gasteiger partial charge in [0.2, 0.25) is 6.79 Å². The fourth-order valence-electron chi connectivity index (χ4n) is 3.31. The van der Waals surface area contributed by atoms with Crippen LogP contribution in [0.2, 0.25) is 0 Å². The molecule has 0 saturated carbocycles. The van der Waals surface area contributed by atoms with Crippen molar-refractivity contribution in [3.8, 4) is 11.5 Å². The number of imidazole rings is 1. The minimum Gasteiger partial charge on any atom is -0.454 e. The van der Waals surface area contributed by atoms with Crippen LogP contribution in [0.1, 0.15) is 17.9 Å². The van der Waals surface area contributed by atoms with E-state index in [9.17, 15) is 13.5 Å². The molecule has 9 heteroatoms. The predicted molar refractivity (Wildman–Crippen MR) is 87.9 cm³/mol. The SMILES string of the molecule is Cn1cnc(S(=O)(=O)N2CC[C@@H](c3ccc4c(c3)OCO4)[C@H](O)C2)c1. The summed E-state index contributed by atoms with van der Waals surface area (Å²) in [4.78, 5) is 3.93. The van der Waals surface area contributed by atoms with Crippen molar-refractivity contribution in [2.45, 2.75) is 23.5 Å². The van der Waals surface area contributed by atoms with E-state index in [4.69, 9.17) is 9.47 Å². The lowest BCUT2D eigenvalue weighted by Gasteiger charge is -2.35. The quantitative estimate of drug-likeness (QED) is 0.860. The van der Waals surface area contributed by atoms with Crippen molar-refractivity contribution in [2.75, 3.05) is 19.9 Å². The summed E-state index contributed by atoms with van der Waals surface area (Å²) in [5.41, 5.74) is 0.923. The van der Waals surface area contributed by atoms with Crippen LogP contribution in [0.15, 0.2) is 35.7 Å². The minimum atomic E-state index is -3.69. The van der Waals surface area contributed by atoms with Gasteiger partial charge in [-0.3, -0.25) is 0 Å².